The molecule has 3 heteroatoms. The molecule has 0 saturated carbocycles. The van der Waals surface area contributed by atoms with Crippen molar-refractivity contribution in [2.45, 2.75) is 25.9 Å². The maximum absolute atomic E-state index is 8.78. The molecule has 72 valence electrons. The lowest BCUT2D eigenvalue weighted by Gasteiger charge is -2.24. The maximum atomic E-state index is 8.78. The standard InChI is InChI=1S/C10H13ClO2/c1-3-10(2,13-12)8-4-6-9(11)7-5-8/h4-7,12H,3H2,1-2H3. The highest BCUT2D eigenvalue weighted by atomic mass is 35.5. The molecule has 0 fully saturated rings. The van der Waals surface area contributed by atoms with Crippen LogP contribution in [0.1, 0.15) is 25.8 Å². The summed E-state index contributed by atoms with van der Waals surface area (Å²) >= 11 is 5.74. The highest BCUT2D eigenvalue weighted by Gasteiger charge is 2.25. The molecule has 0 radical (unpaired) electrons. The lowest BCUT2D eigenvalue weighted by Crippen LogP contribution is -2.23. The first-order valence-electron chi connectivity index (χ1n) is 4.21. The predicted molar refractivity (Wildman–Crippen MR) is 52.8 cm³/mol. The highest BCUT2D eigenvalue weighted by Crippen LogP contribution is 2.28. The second-order valence-electron chi connectivity index (χ2n) is 3.18. The Hall–Kier alpha value is -0.570. The van der Waals surface area contributed by atoms with E-state index in [4.69, 9.17) is 16.9 Å². The molecule has 0 aromatic heterocycles. The van der Waals surface area contributed by atoms with Crippen molar-refractivity contribution in [2.24, 2.45) is 0 Å². The molecule has 1 N–H and O–H groups in total. The number of hydrogen-bond acceptors (Lipinski definition) is 2. The SMILES string of the molecule is CCC(C)(OO)c1ccc(Cl)cc1. The van der Waals surface area contributed by atoms with Crippen molar-refractivity contribution >= 4 is 11.6 Å². The van der Waals surface area contributed by atoms with E-state index in [0.29, 0.717) is 11.4 Å². The minimum absolute atomic E-state index is 0.634. The van der Waals surface area contributed by atoms with Gasteiger partial charge in [-0.25, -0.2) is 4.89 Å². The molecule has 0 saturated heterocycles. The molecule has 0 aliphatic heterocycles. The fourth-order valence-corrected chi connectivity index (χ4v) is 1.25. The van der Waals surface area contributed by atoms with Gasteiger partial charge in [-0.2, -0.15) is 0 Å². The van der Waals surface area contributed by atoms with Crippen LogP contribution in [0.4, 0.5) is 0 Å². The summed E-state index contributed by atoms with van der Waals surface area (Å²) in [6.45, 7) is 3.78. The largest absolute Gasteiger partial charge is 0.251 e. The molecule has 0 amide bonds. The summed E-state index contributed by atoms with van der Waals surface area (Å²) in [5.74, 6) is 0. The lowest BCUT2D eigenvalue weighted by atomic mass is 9.93. The van der Waals surface area contributed by atoms with Gasteiger partial charge in [-0.15, -0.1) is 0 Å². The quantitative estimate of drug-likeness (QED) is 0.598. The van der Waals surface area contributed by atoms with Crippen molar-refractivity contribution in [2.75, 3.05) is 0 Å². The minimum atomic E-state index is -0.634. The first-order valence-corrected chi connectivity index (χ1v) is 4.59. The van der Waals surface area contributed by atoms with Crippen LogP contribution in [0.25, 0.3) is 0 Å². The van der Waals surface area contributed by atoms with Crippen LogP contribution in [0, 0.1) is 0 Å². The second kappa shape index (κ2) is 4.09. The zero-order valence-corrected chi connectivity index (χ0v) is 8.51. The van der Waals surface area contributed by atoms with E-state index in [1.165, 1.54) is 0 Å². The summed E-state index contributed by atoms with van der Waals surface area (Å²) in [4.78, 5) is 4.47. The first-order chi connectivity index (χ1) is 6.12. The molecular weight excluding hydrogens is 188 g/mol. The van der Waals surface area contributed by atoms with E-state index >= 15 is 0 Å². The molecule has 1 aromatic rings. The Bertz CT molecular complexity index is 265. The van der Waals surface area contributed by atoms with Gasteiger partial charge in [0.25, 0.3) is 0 Å². The third-order valence-corrected chi connectivity index (χ3v) is 2.58. The Morgan fingerprint density at radius 1 is 1.38 bits per heavy atom. The molecule has 0 bridgehead atoms. The van der Waals surface area contributed by atoms with Gasteiger partial charge in [0.1, 0.15) is 5.60 Å². The van der Waals surface area contributed by atoms with Gasteiger partial charge in [-0.1, -0.05) is 30.7 Å². The third-order valence-electron chi connectivity index (χ3n) is 2.33. The molecule has 1 aromatic carbocycles. The minimum Gasteiger partial charge on any atom is -0.251 e. The van der Waals surface area contributed by atoms with Crippen LogP contribution in [0.2, 0.25) is 5.02 Å². The van der Waals surface area contributed by atoms with Crippen molar-refractivity contribution in [1.82, 2.24) is 0 Å². The molecule has 1 unspecified atom stereocenters. The van der Waals surface area contributed by atoms with E-state index in [2.05, 4.69) is 4.89 Å². The van der Waals surface area contributed by atoms with Gasteiger partial charge in [0.15, 0.2) is 0 Å². The first kappa shape index (κ1) is 10.5. The maximum Gasteiger partial charge on any atom is 0.125 e. The summed E-state index contributed by atoms with van der Waals surface area (Å²) in [6, 6.07) is 7.26. The smallest absolute Gasteiger partial charge is 0.125 e. The van der Waals surface area contributed by atoms with Crippen LogP contribution in [-0.4, -0.2) is 5.26 Å². The van der Waals surface area contributed by atoms with Crippen LogP contribution in [0.15, 0.2) is 24.3 Å². The molecule has 1 atom stereocenters. The molecule has 0 aliphatic carbocycles. The Labute approximate surface area is 83.0 Å². The predicted octanol–water partition coefficient (Wildman–Crippen LogP) is 3.45. The van der Waals surface area contributed by atoms with Crippen molar-refractivity contribution in [3.63, 3.8) is 0 Å². The van der Waals surface area contributed by atoms with E-state index < -0.39 is 5.60 Å². The average Bonchev–Trinajstić information content (AvgIpc) is 2.18. The van der Waals surface area contributed by atoms with Crippen LogP contribution < -0.4 is 0 Å². The number of rotatable bonds is 3. The van der Waals surface area contributed by atoms with Gasteiger partial charge in [-0.05, 0) is 31.0 Å². The zero-order chi connectivity index (χ0) is 9.90. The average molecular weight is 201 g/mol. The Morgan fingerprint density at radius 3 is 2.31 bits per heavy atom. The van der Waals surface area contributed by atoms with Gasteiger partial charge in [0, 0.05) is 5.02 Å². The van der Waals surface area contributed by atoms with E-state index in [1.54, 1.807) is 12.1 Å². The number of halogens is 1. The highest BCUT2D eigenvalue weighted by molar-refractivity contribution is 6.30. The molecule has 0 heterocycles. The summed E-state index contributed by atoms with van der Waals surface area (Å²) in [5, 5.41) is 9.46. The Morgan fingerprint density at radius 2 is 1.92 bits per heavy atom. The van der Waals surface area contributed by atoms with Crippen LogP contribution in [0.3, 0.4) is 0 Å². The number of hydrogen-bond donors (Lipinski definition) is 1. The Balaban J connectivity index is 2.99. The summed E-state index contributed by atoms with van der Waals surface area (Å²) < 4.78 is 0. The summed E-state index contributed by atoms with van der Waals surface area (Å²) in [6.07, 6.45) is 0.700. The molecular formula is C10H13ClO2. The van der Waals surface area contributed by atoms with Gasteiger partial charge in [0.2, 0.25) is 0 Å². The molecule has 0 aliphatic rings. The van der Waals surface area contributed by atoms with E-state index in [9.17, 15) is 0 Å². The normalized spacial score (nSPS) is 15.4. The van der Waals surface area contributed by atoms with Gasteiger partial charge < -0.3 is 0 Å². The summed E-state index contributed by atoms with van der Waals surface area (Å²) in [5.41, 5.74) is 0.284. The molecule has 13 heavy (non-hydrogen) atoms. The molecule has 0 spiro atoms. The van der Waals surface area contributed by atoms with Crippen LogP contribution in [-0.2, 0) is 10.5 Å². The molecule has 1 rings (SSSR count). The molecule has 2 nitrogen and oxygen atoms in total. The van der Waals surface area contributed by atoms with Crippen molar-refractivity contribution < 1.29 is 10.1 Å². The van der Waals surface area contributed by atoms with Crippen LogP contribution >= 0.6 is 11.6 Å². The Kier molecular flexibility index (Phi) is 3.31. The van der Waals surface area contributed by atoms with E-state index in [0.717, 1.165) is 5.56 Å². The van der Waals surface area contributed by atoms with E-state index in [1.807, 2.05) is 26.0 Å². The van der Waals surface area contributed by atoms with Gasteiger partial charge in [0.05, 0.1) is 0 Å². The summed E-state index contributed by atoms with van der Waals surface area (Å²) in [7, 11) is 0. The fraction of sp³-hybridized carbons (Fsp3) is 0.400. The van der Waals surface area contributed by atoms with E-state index in [-0.39, 0.29) is 0 Å². The fourth-order valence-electron chi connectivity index (χ4n) is 1.12. The number of benzene rings is 1. The topological polar surface area (TPSA) is 29.5 Å². The van der Waals surface area contributed by atoms with Crippen molar-refractivity contribution in [3.8, 4) is 0 Å². The lowest BCUT2D eigenvalue weighted by molar-refractivity contribution is -0.324. The van der Waals surface area contributed by atoms with Gasteiger partial charge in [-0.3, -0.25) is 5.26 Å². The zero-order valence-electron chi connectivity index (χ0n) is 7.75. The monoisotopic (exact) mass is 200 g/mol. The third kappa shape index (κ3) is 2.21. The van der Waals surface area contributed by atoms with Gasteiger partial charge >= 0.3 is 0 Å². The van der Waals surface area contributed by atoms with Crippen molar-refractivity contribution in [1.29, 1.82) is 0 Å². The van der Waals surface area contributed by atoms with Crippen LogP contribution in [0.5, 0.6) is 0 Å². The van der Waals surface area contributed by atoms with Crippen molar-refractivity contribution in [3.05, 3.63) is 34.9 Å². The second-order valence-corrected chi connectivity index (χ2v) is 3.62.